The Hall–Kier alpha value is -2.27. The van der Waals surface area contributed by atoms with E-state index in [9.17, 15) is 4.79 Å². The van der Waals surface area contributed by atoms with Crippen LogP contribution in [0.25, 0.3) is 0 Å². The number of carbonyl (C=O) groups excluding carboxylic acids is 1. The number of H-pyrrole nitrogens is 1. The maximum atomic E-state index is 12.1. The van der Waals surface area contributed by atoms with Crippen molar-refractivity contribution in [1.29, 1.82) is 0 Å². The summed E-state index contributed by atoms with van der Waals surface area (Å²) in [4.78, 5) is 17.3. The van der Waals surface area contributed by atoms with Crippen molar-refractivity contribution in [3.05, 3.63) is 48.3 Å². The summed E-state index contributed by atoms with van der Waals surface area (Å²) in [7, 11) is 0. The Labute approximate surface area is 117 Å². The number of nitrogens with zero attached hydrogens (tertiary/aromatic N) is 1. The van der Waals surface area contributed by atoms with Gasteiger partial charge in [-0.1, -0.05) is 12.1 Å². The van der Waals surface area contributed by atoms with E-state index >= 15 is 0 Å². The molecule has 20 heavy (non-hydrogen) atoms. The fourth-order valence-electron chi connectivity index (χ4n) is 2.32. The first-order valence-corrected chi connectivity index (χ1v) is 6.70. The average molecular weight is 271 g/mol. The molecule has 1 saturated heterocycles. The topological polar surface area (TPSA) is 57.4 Å². The van der Waals surface area contributed by atoms with Gasteiger partial charge in [0.25, 0.3) is 5.91 Å². The van der Waals surface area contributed by atoms with E-state index in [0.29, 0.717) is 5.56 Å². The van der Waals surface area contributed by atoms with Gasteiger partial charge in [0, 0.05) is 25.5 Å². The maximum absolute atomic E-state index is 12.1. The van der Waals surface area contributed by atoms with Gasteiger partial charge in [-0.05, 0) is 18.2 Å². The lowest BCUT2D eigenvalue weighted by Gasteiger charge is -2.30. The highest BCUT2D eigenvalue weighted by atomic mass is 16.5. The number of rotatable bonds is 3. The fraction of sp³-hybridized carbons (Fsp3) is 0.267. The monoisotopic (exact) mass is 271 g/mol. The third-order valence-corrected chi connectivity index (χ3v) is 3.36. The van der Waals surface area contributed by atoms with E-state index in [2.05, 4.69) is 15.2 Å². The molecule has 1 aliphatic heterocycles. The molecule has 104 valence electrons. The Kier molecular flexibility index (Phi) is 3.69. The molecule has 5 nitrogen and oxygen atoms in total. The predicted octanol–water partition coefficient (Wildman–Crippen LogP) is 2.10. The molecule has 0 spiro atoms. The van der Waals surface area contributed by atoms with Gasteiger partial charge in [0.05, 0.1) is 30.2 Å². The lowest BCUT2D eigenvalue weighted by atomic mass is 10.2. The summed E-state index contributed by atoms with van der Waals surface area (Å²) in [6.45, 7) is 3.13. The van der Waals surface area contributed by atoms with Crippen LogP contribution in [0.15, 0.2) is 42.7 Å². The molecule has 2 N–H and O–H groups in total. The van der Waals surface area contributed by atoms with Crippen LogP contribution in [0, 0.1) is 0 Å². The first-order chi connectivity index (χ1) is 9.84. The molecule has 0 aliphatic carbocycles. The molecule has 0 radical (unpaired) electrons. The highest BCUT2D eigenvalue weighted by Gasteiger charge is 2.16. The van der Waals surface area contributed by atoms with E-state index in [0.717, 1.165) is 37.7 Å². The average Bonchev–Trinajstić information content (AvgIpc) is 3.03. The van der Waals surface area contributed by atoms with Gasteiger partial charge in [-0.2, -0.15) is 0 Å². The zero-order valence-electron chi connectivity index (χ0n) is 11.1. The summed E-state index contributed by atoms with van der Waals surface area (Å²) in [6.07, 6.45) is 3.43. The highest BCUT2D eigenvalue weighted by molar-refractivity contribution is 6.05. The number of carbonyl (C=O) groups is 1. The van der Waals surface area contributed by atoms with E-state index < -0.39 is 0 Å². The molecule has 1 fully saturated rings. The standard InChI is InChI=1S/C15H17N3O2/c19-15(12-5-6-16-11-12)17-13-3-1-2-4-14(13)18-7-9-20-10-8-18/h1-6,11,16H,7-10H2,(H,17,19). The third kappa shape index (κ3) is 2.67. The summed E-state index contributed by atoms with van der Waals surface area (Å²) in [5.74, 6) is -0.105. The lowest BCUT2D eigenvalue weighted by Crippen LogP contribution is -2.36. The van der Waals surface area contributed by atoms with Gasteiger partial charge in [-0.3, -0.25) is 4.79 Å². The molecule has 3 rings (SSSR count). The number of anilines is 2. The van der Waals surface area contributed by atoms with E-state index in [1.165, 1.54) is 0 Å². The molecule has 2 aromatic rings. The lowest BCUT2D eigenvalue weighted by molar-refractivity contribution is 0.102. The molecule has 1 amide bonds. The van der Waals surface area contributed by atoms with Crippen molar-refractivity contribution < 1.29 is 9.53 Å². The van der Waals surface area contributed by atoms with Gasteiger partial charge in [0.1, 0.15) is 0 Å². The SMILES string of the molecule is O=C(Nc1ccccc1N1CCOCC1)c1cc[nH]c1. The Morgan fingerprint density at radius 3 is 2.75 bits per heavy atom. The van der Waals surface area contributed by atoms with E-state index in [1.807, 2.05) is 24.3 Å². The normalized spacial score (nSPS) is 15.1. The Bertz CT molecular complexity index is 575. The van der Waals surface area contributed by atoms with Crippen LogP contribution in [0.1, 0.15) is 10.4 Å². The van der Waals surface area contributed by atoms with Crippen molar-refractivity contribution in [3.63, 3.8) is 0 Å². The van der Waals surface area contributed by atoms with E-state index in [1.54, 1.807) is 18.5 Å². The molecule has 0 bridgehead atoms. The third-order valence-electron chi connectivity index (χ3n) is 3.36. The summed E-state index contributed by atoms with van der Waals surface area (Å²) in [5.41, 5.74) is 2.50. The molecule has 1 aliphatic rings. The summed E-state index contributed by atoms with van der Waals surface area (Å²) < 4.78 is 5.37. The minimum Gasteiger partial charge on any atom is -0.378 e. The highest BCUT2D eigenvalue weighted by Crippen LogP contribution is 2.26. The van der Waals surface area contributed by atoms with Gasteiger partial charge in [-0.15, -0.1) is 0 Å². The van der Waals surface area contributed by atoms with Crippen molar-refractivity contribution in [1.82, 2.24) is 4.98 Å². The van der Waals surface area contributed by atoms with Crippen LogP contribution in [0.4, 0.5) is 11.4 Å². The molecular formula is C15H17N3O2. The number of amides is 1. The Balaban J connectivity index is 1.80. The smallest absolute Gasteiger partial charge is 0.257 e. The second kappa shape index (κ2) is 5.79. The number of hydrogen-bond acceptors (Lipinski definition) is 3. The van der Waals surface area contributed by atoms with Crippen LogP contribution in [-0.4, -0.2) is 37.2 Å². The molecule has 2 heterocycles. The molecule has 1 aromatic heterocycles. The van der Waals surface area contributed by atoms with Gasteiger partial charge >= 0.3 is 0 Å². The van der Waals surface area contributed by atoms with Crippen molar-refractivity contribution >= 4 is 17.3 Å². The largest absolute Gasteiger partial charge is 0.378 e. The van der Waals surface area contributed by atoms with Crippen molar-refractivity contribution in [2.45, 2.75) is 0 Å². The van der Waals surface area contributed by atoms with Crippen LogP contribution in [0.3, 0.4) is 0 Å². The van der Waals surface area contributed by atoms with Gasteiger partial charge in [-0.25, -0.2) is 0 Å². The van der Waals surface area contributed by atoms with Gasteiger partial charge < -0.3 is 19.9 Å². The van der Waals surface area contributed by atoms with E-state index in [-0.39, 0.29) is 5.91 Å². The molecule has 5 heteroatoms. The van der Waals surface area contributed by atoms with Gasteiger partial charge in [0.15, 0.2) is 0 Å². The number of aromatic amines is 1. The molecular weight excluding hydrogens is 254 g/mol. The Morgan fingerprint density at radius 1 is 1.20 bits per heavy atom. The van der Waals surface area contributed by atoms with Crippen LogP contribution in [0.5, 0.6) is 0 Å². The predicted molar refractivity (Wildman–Crippen MR) is 78.2 cm³/mol. The number of hydrogen-bond donors (Lipinski definition) is 2. The minimum atomic E-state index is -0.105. The number of benzene rings is 1. The van der Waals surface area contributed by atoms with Crippen LogP contribution < -0.4 is 10.2 Å². The number of morpholine rings is 1. The molecule has 0 saturated carbocycles. The number of ether oxygens (including phenoxy) is 1. The van der Waals surface area contributed by atoms with E-state index in [4.69, 9.17) is 4.74 Å². The van der Waals surface area contributed by atoms with Crippen molar-refractivity contribution in [2.24, 2.45) is 0 Å². The first kappa shape index (κ1) is 12.7. The minimum absolute atomic E-state index is 0.105. The summed E-state index contributed by atoms with van der Waals surface area (Å²) in [5, 5.41) is 2.97. The molecule has 0 unspecified atom stereocenters. The summed E-state index contributed by atoms with van der Waals surface area (Å²) in [6, 6.07) is 9.62. The number of nitrogens with one attached hydrogen (secondary N) is 2. The zero-order valence-corrected chi connectivity index (χ0v) is 11.1. The zero-order chi connectivity index (χ0) is 13.8. The second-order valence-electron chi connectivity index (χ2n) is 4.67. The molecule has 1 aromatic carbocycles. The summed E-state index contributed by atoms with van der Waals surface area (Å²) >= 11 is 0. The maximum Gasteiger partial charge on any atom is 0.257 e. The van der Waals surface area contributed by atoms with Crippen LogP contribution in [0.2, 0.25) is 0 Å². The fourth-order valence-corrected chi connectivity index (χ4v) is 2.32. The molecule has 0 atom stereocenters. The van der Waals surface area contributed by atoms with Crippen LogP contribution in [-0.2, 0) is 4.74 Å². The number of aromatic nitrogens is 1. The quantitative estimate of drug-likeness (QED) is 0.899. The van der Waals surface area contributed by atoms with Crippen LogP contribution >= 0.6 is 0 Å². The Morgan fingerprint density at radius 2 is 2.00 bits per heavy atom. The van der Waals surface area contributed by atoms with Crippen molar-refractivity contribution in [2.75, 3.05) is 36.5 Å². The van der Waals surface area contributed by atoms with Gasteiger partial charge in [0.2, 0.25) is 0 Å². The number of para-hydroxylation sites is 2. The van der Waals surface area contributed by atoms with Crippen molar-refractivity contribution in [3.8, 4) is 0 Å². The first-order valence-electron chi connectivity index (χ1n) is 6.70. The second-order valence-corrected chi connectivity index (χ2v) is 4.67.